The molecule has 0 radical (unpaired) electrons. The molecule has 0 aromatic heterocycles. The number of ether oxygens (including phenoxy) is 1. The number of nitrogens with two attached hydrogens (primary N) is 1. The van der Waals surface area contributed by atoms with Gasteiger partial charge in [-0.3, -0.25) is 0 Å². The average molecular weight is 344 g/mol. The van der Waals surface area contributed by atoms with Crippen molar-refractivity contribution in [3.8, 4) is 5.75 Å². The second kappa shape index (κ2) is 7.25. The van der Waals surface area contributed by atoms with Gasteiger partial charge in [-0.15, -0.1) is 0 Å². The van der Waals surface area contributed by atoms with E-state index in [-0.39, 0.29) is 24.1 Å². The molecule has 18 heavy (non-hydrogen) atoms. The van der Waals surface area contributed by atoms with Crippen LogP contribution in [0.5, 0.6) is 5.75 Å². The summed E-state index contributed by atoms with van der Waals surface area (Å²) in [6.07, 6.45) is 0.753. The van der Waals surface area contributed by atoms with E-state index >= 15 is 0 Å². The molecule has 2 nitrogen and oxygen atoms in total. The molecule has 0 aliphatic carbocycles. The van der Waals surface area contributed by atoms with Gasteiger partial charge in [0.2, 0.25) is 0 Å². The minimum Gasteiger partial charge on any atom is -0.492 e. The van der Waals surface area contributed by atoms with Crippen molar-refractivity contribution >= 4 is 27.7 Å². The van der Waals surface area contributed by atoms with Crippen molar-refractivity contribution in [3.05, 3.63) is 28.2 Å². The normalized spacial score (nSPS) is 11.6. The molecule has 0 aliphatic heterocycles. The third-order valence-electron chi connectivity index (χ3n) is 2.04. The maximum atomic E-state index is 11.9. The first-order valence-electron chi connectivity index (χ1n) is 5.24. The lowest BCUT2D eigenvalue weighted by atomic mass is 10.1. The highest BCUT2D eigenvalue weighted by molar-refractivity contribution is 9.10. The Morgan fingerprint density at radius 3 is 2.61 bits per heavy atom. The minimum absolute atomic E-state index is 0.0129. The van der Waals surface area contributed by atoms with Gasteiger partial charge in [0.1, 0.15) is 5.75 Å². The fraction of sp³-hybridized carbons (Fsp3) is 0.455. The van der Waals surface area contributed by atoms with Gasteiger partial charge in [0.05, 0.1) is 11.1 Å². The highest BCUT2D eigenvalue weighted by atomic mass is 79.9. The largest absolute Gasteiger partial charge is 0.492 e. The predicted molar refractivity (Wildman–Crippen MR) is 70.9 cm³/mol. The second-order valence-corrected chi connectivity index (χ2v) is 5.46. The van der Waals surface area contributed by atoms with Gasteiger partial charge in [0.15, 0.2) is 0 Å². The third kappa shape index (κ3) is 5.97. The zero-order valence-electron chi connectivity index (χ0n) is 9.47. The first-order chi connectivity index (χ1) is 8.42. The zero-order valence-corrected chi connectivity index (χ0v) is 11.9. The number of thioether (sulfide) groups is 1. The summed E-state index contributed by atoms with van der Waals surface area (Å²) in [5.74, 6) is 0.416. The maximum absolute atomic E-state index is 11.9. The van der Waals surface area contributed by atoms with Gasteiger partial charge in [-0.25, -0.2) is 0 Å². The number of rotatable bonds is 6. The van der Waals surface area contributed by atoms with E-state index in [0.29, 0.717) is 12.3 Å². The lowest BCUT2D eigenvalue weighted by Crippen LogP contribution is -2.08. The standard InChI is InChI=1S/C11H13BrF3NOS/c12-9-7-8(3-4-16)1-2-10(9)17-5-6-18-11(13,14)15/h1-2,7H,3-6,16H2. The molecule has 0 fully saturated rings. The van der Waals surface area contributed by atoms with Gasteiger partial charge in [-0.1, -0.05) is 6.07 Å². The molecular weight excluding hydrogens is 331 g/mol. The maximum Gasteiger partial charge on any atom is 0.441 e. The van der Waals surface area contributed by atoms with Crippen LogP contribution in [0.2, 0.25) is 0 Å². The van der Waals surface area contributed by atoms with Gasteiger partial charge in [0.25, 0.3) is 0 Å². The Morgan fingerprint density at radius 2 is 2.06 bits per heavy atom. The number of halogens is 4. The fourth-order valence-electron chi connectivity index (χ4n) is 1.29. The van der Waals surface area contributed by atoms with E-state index in [1.165, 1.54) is 0 Å². The molecule has 1 aromatic rings. The molecule has 0 unspecified atom stereocenters. The summed E-state index contributed by atoms with van der Waals surface area (Å²) in [7, 11) is 0. The highest BCUT2D eigenvalue weighted by Crippen LogP contribution is 2.30. The van der Waals surface area contributed by atoms with E-state index in [4.69, 9.17) is 10.5 Å². The van der Waals surface area contributed by atoms with E-state index in [9.17, 15) is 13.2 Å². The predicted octanol–water partition coefficient (Wildman–Crippen LogP) is 3.58. The molecule has 1 rings (SSSR count). The summed E-state index contributed by atoms with van der Waals surface area (Å²) in [4.78, 5) is 0. The molecule has 1 aromatic carbocycles. The molecule has 102 valence electrons. The van der Waals surface area contributed by atoms with Crippen LogP contribution in [0, 0.1) is 0 Å². The fourth-order valence-corrected chi connectivity index (χ4v) is 2.23. The van der Waals surface area contributed by atoms with Gasteiger partial charge in [-0.2, -0.15) is 13.2 Å². The molecule has 7 heteroatoms. The number of hydrogen-bond donors (Lipinski definition) is 1. The second-order valence-electron chi connectivity index (χ2n) is 3.45. The van der Waals surface area contributed by atoms with Gasteiger partial charge < -0.3 is 10.5 Å². The molecule has 0 saturated heterocycles. The first-order valence-corrected chi connectivity index (χ1v) is 7.02. The smallest absolute Gasteiger partial charge is 0.441 e. The van der Waals surface area contributed by atoms with Gasteiger partial charge in [0, 0.05) is 5.75 Å². The minimum atomic E-state index is -4.20. The summed E-state index contributed by atoms with van der Waals surface area (Å²) >= 11 is 3.23. The average Bonchev–Trinajstić information content (AvgIpc) is 2.26. The van der Waals surface area contributed by atoms with Crippen LogP contribution in [-0.4, -0.2) is 24.4 Å². The van der Waals surface area contributed by atoms with Crippen LogP contribution in [0.3, 0.4) is 0 Å². The van der Waals surface area contributed by atoms with E-state index in [0.717, 1.165) is 16.5 Å². The van der Waals surface area contributed by atoms with Crippen LogP contribution in [0.4, 0.5) is 13.2 Å². The van der Waals surface area contributed by atoms with Crippen LogP contribution < -0.4 is 10.5 Å². The van der Waals surface area contributed by atoms with E-state index in [2.05, 4.69) is 15.9 Å². The Morgan fingerprint density at radius 1 is 1.33 bits per heavy atom. The molecule has 0 heterocycles. The van der Waals surface area contributed by atoms with Crippen molar-refractivity contribution < 1.29 is 17.9 Å². The van der Waals surface area contributed by atoms with Crippen molar-refractivity contribution in [2.24, 2.45) is 5.73 Å². The molecule has 0 atom stereocenters. The molecule has 0 bridgehead atoms. The van der Waals surface area contributed by atoms with E-state index in [1.807, 2.05) is 12.1 Å². The van der Waals surface area contributed by atoms with Crippen molar-refractivity contribution in [3.63, 3.8) is 0 Å². The first kappa shape index (κ1) is 15.7. The molecule has 0 saturated carbocycles. The van der Waals surface area contributed by atoms with Crippen LogP contribution in [-0.2, 0) is 6.42 Å². The summed E-state index contributed by atoms with van der Waals surface area (Å²) < 4.78 is 41.6. The van der Waals surface area contributed by atoms with Gasteiger partial charge in [-0.05, 0) is 58.4 Å². The summed E-state index contributed by atoms with van der Waals surface area (Å²) in [6, 6.07) is 5.44. The third-order valence-corrected chi connectivity index (χ3v) is 3.35. The molecule has 0 aliphatic rings. The van der Waals surface area contributed by atoms with E-state index in [1.54, 1.807) is 6.07 Å². The van der Waals surface area contributed by atoms with Crippen molar-refractivity contribution in [1.82, 2.24) is 0 Å². The van der Waals surface area contributed by atoms with Gasteiger partial charge >= 0.3 is 5.51 Å². The molecule has 0 amide bonds. The highest BCUT2D eigenvalue weighted by Gasteiger charge is 2.27. The Kier molecular flexibility index (Phi) is 6.31. The molecule has 2 N–H and O–H groups in total. The van der Waals surface area contributed by atoms with Crippen LogP contribution in [0.25, 0.3) is 0 Å². The lowest BCUT2D eigenvalue weighted by molar-refractivity contribution is -0.0329. The Hall–Kier alpha value is -0.400. The SMILES string of the molecule is NCCc1ccc(OCCSC(F)(F)F)c(Br)c1. The van der Waals surface area contributed by atoms with E-state index < -0.39 is 5.51 Å². The Balaban J connectivity index is 2.43. The molecule has 0 spiro atoms. The quantitative estimate of drug-likeness (QED) is 0.802. The Labute approximate surface area is 116 Å². The Bertz CT molecular complexity index is 387. The number of hydrogen-bond acceptors (Lipinski definition) is 3. The monoisotopic (exact) mass is 343 g/mol. The number of alkyl halides is 3. The molecular formula is C11H13BrF3NOS. The van der Waals surface area contributed by atoms with Crippen LogP contribution in [0.15, 0.2) is 22.7 Å². The van der Waals surface area contributed by atoms with Crippen LogP contribution in [0.1, 0.15) is 5.56 Å². The van der Waals surface area contributed by atoms with Crippen molar-refractivity contribution in [1.29, 1.82) is 0 Å². The van der Waals surface area contributed by atoms with Crippen molar-refractivity contribution in [2.45, 2.75) is 11.9 Å². The van der Waals surface area contributed by atoms with Crippen molar-refractivity contribution in [2.75, 3.05) is 18.9 Å². The lowest BCUT2D eigenvalue weighted by Gasteiger charge is -2.10. The topological polar surface area (TPSA) is 35.2 Å². The summed E-state index contributed by atoms with van der Waals surface area (Å²) in [6.45, 7) is 0.563. The number of benzene rings is 1. The zero-order chi connectivity index (χ0) is 13.6. The van der Waals surface area contributed by atoms with Crippen LogP contribution >= 0.6 is 27.7 Å². The summed E-state index contributed by atoms with van der Waals surface area (Å²) in [5.41, 5.74) is 2.29. The summed E-state index contributed by atoms with van der Waals surface area (Å²) in [5, 5.41) is 0.